The molecule has 0 saturated heterocycles. The third kappa shape index (κ3) is 5.23. The van der Waals surface area contributed by atoms with Crippen molar-refractivity contribution in [3.05, 3.63) is 52.0 Å². The molecule has 138 valence electrons. The first kappa shape index (κ1) is 19.8. The minimum absolute atomic E-state index is 0.310. The number of carbonyl (C=O) groups is 1. The van der Waals surface area contributed by atoms with E-state index in [1.807, 2.05) is 6.92 Å². The van der Waals surface area contributed by atoms with Crippen molar-refractivity contribution in [1.82, 2.24) is 5.43 Å². The second-order valence-electron chi connectivity index (χ2n) is 5.30. The maximum atomic E-state index is 12.2. The van der Waals surface area contributed by atoms with Crippen LogP contribution in [0.4, 0.5) is 0 Å². The van der Waals surface area contributed by atoms with Crippen LogP contribution in [-0.2, 0) is 0 Å². The van der Waals surface area contributed by atoms with E-state index >= 15 is 0 Å². The zero-order valence-corrected chi connectivity index (χ0v) is 16.5. The average molecular weight is 421 g/mol. The Morgan fingerprint density at radius 2 is 1.85 bits per heavy atom. The summed E-state index contributed by atoms with van der Waals surface area (Å²) in [6, 6.07) is 10.5. The largest absolute Gasteiger partial charge is 0.496 e. The summed E-state index contributed by atoms with van der Waals surface area (Å²) in [6.45, 7) is 2.69. The summed E-state index contributed by atoms with van der Waals surface area (Å²) >= 11 is 3.41. The lowest BCUT2D eigenvalue weighted by Crippen LogP contribution is -2.17. The molecule has 0 aliphatic carbocycles. The molecule has 1 amide bonds. The number of hydrogen-bond acceptors (Lipinski definition) is 5. The SMILES string of the molecule is CCCOc1ccc(C(=O)N/N=C\c2cc(Br)c(OC)cc2OC)cc1. The standard InChI is InChI=1S/C19H21BrN2O4/c1-4-9-26-15-7-5-13(6-8-15)19(23)22-21-12-14-10-16(20)18(25-3)11-17(14)24-2/h5-8,10-12H,4,9H2,1-3H3,(H,22,23)/b21-12-. The first-order valence-corrected chi connectivity index (χ1v) is 8.86. The predicted molar refractivity (Wildman–Crippen MR) is 105 cm³/mol. The summed E-state index contributed by atoms with van der Waals surface area (Å²) in [6.07, 6.45) is 2.45. The Labute approximate surface area is 161 Å². The van der Waals surface area contributed by atoms with E-state index < -0.39 is 0 Å². The number of amides is 1. The third-order valence-corrected chi connectivity index (χ3v) is 4.08. The molecule has 26 heavy (non-hydrogen) atoms. The Bertz CT molecular complexity index is 776. The van der Waals surface area contributed by atoms with Crippen molar-refractivity contribution < 1.29 is 19.0 Å². The highest BCUT2D eigenvalue weighted by Crippen LogP contribution is 2.31. The van der Waals surface area contributed by atoms with Gasteiger partial charge in [-0.3, -0.25) is 4.79 Å². The van der Waals surface area contributed by atoms with E-state index in [1.54, 1.807) is 50.6 Å². The first-order chi connectivity index (χ1) is 12.6. The molecular formula is C19H21BrN2O4. The van der Waals surface area contributed by atoms with Crippen LogP contribution >= 0.6 is 15.9 Å². The molecule has 0 unspecified atom stereocenters. The number of ether oxygens (including phenoxy) is 3. The molecule has 0 heterocycles. The van der Waals surface area contributed by atoms with Gasteiger partial charge in [0.2, 0.25) is 0 Å². The van der Waals surface area contributed by atoms with Crippen LogP contribution in [0.25, 0.3) is 0 Å². The van der Waals surface area contributed by atoms with E-state index in [-0.39, 0.29) is 5.91 Å². The van der Waals surface area contributed by atoms with Gasteiger partial charge in [0.15, 0.2) is 0 Å². The van der Waals surface area contributed by atoms with Crippen LogP contribution in [0.3, 0.4) is 0 Å². The van der Waals surface area contributed by atoms with Crippen LogP contribution in [0.5, 0.6) is 17.2 Å². The summed E-state index contributed by atoms with van der Waals surface area (Å²) < 4.78 is 16.8. The zero-order chi connectivity index (χ0) is 18.9. The number of carbonyl (C=O) groups excluding carboxylic acids is 1. The molecule has 0 radical (unpaired) electrons. The van der Waals surface area contributed by atoms with Gasteiger partial charge < -0.3 is 14.2 Å². The van der Waals surface area contributed by atoms with E-state index in [4.69, 9.17) is 14.2 Å². The number of halogens is 1. The predicted octanol–water partition coefficient (Wildman–Crippen LogP) is 4.02. The molecule has 6 nitrogen and oxygen atoms in total. The second-order valence-corrected chi connectivity index (χ2v) is 6.16. The van der Waals surface area contributed by atoms with Gasteiger partial charge in [0.25, 0.3) is 5.91 Å². The van der Waals surface area contributed by atoms with Gasteiger partial charge in [-0.2, -0.15) is 5.10 Å². The van der Waals surface area contributed by atoms with Gasteiger partial charge in [-0.1, -0.05) is 6.92 Å². The fourth-order valence-electron chi connectivity index (χ4n) is 2.13. The van der Waals surface area contributed by atoms with Crippen molar-refractivity contribution in [2.24, 2.45) is 5.10 Å². The van der Waals surface area contributed by atoms with Gasteiger partial charge in [-0.05, 0) is 52.7 Å². The van der Waals surface area contributed by atoms with Crippen molar-refractivity contribution in [2.45, 2.75) is 13.3 Å². The van der Waals surface area contributed by atoms with E-state index in [2.05, 4.69) is 26.5 Å². The molecule has 0 fully saturated rings. The van der Waals surface area contributed by atoms with Crippen LogP contribution in [-0.4, -0.2) is 32.9 Å². The number of rotatable bonds is 8. The lowest BCUT2D eigenvalue weighted by Gasteiger charge is -2.09. The van der Waals surface area contributed by atoms with Crippen LogP contribution < -0.4 is 19.6 Å². The summed E-state index contributed by atoms with van der Waals surface area (Å²) in [5.41, 5.74) is 3.69. The lowest BCUT2D eigenvalue weighted by atomic mass is 10.2. The highest BCUT2D eigenvalue weighted by molar-refractivity contribution is 9.10. The average Bonchev–Trinajstić information content (AvgIpc) is 2.66. The van der Waals surface area contributed by atoms with Crippen molar-refractivity contribution in [2.75, 3.05) is 20.8 Å². The first-order valence-electron chi connectivity index (χ1n) is 8.06. The van der Waals surface area contributed by atoms with E-state index in [0.29, 0.717) is 29.2 Å². The Hall–Kier alpha value is -2.54. The van der Waals surface area contributed by atoms with Gasteiger partial charge in [0, 0.05) is 17.2 Å². The van der Waals surface area contributed by atoms with Crippen LogP contribution in [0.2, 0.25) is 0 Å². The topological polar surface area (TPSA) is 69.2 Å². The number of benzene rings is 2. The molecule has 0 aliphatic heterocycles. The van der Waals surface area contributed by atoms with Crippen molar-refractivity contribution in [3.8, 4) is 17.2 Å². The highest BCUT2D eigenvalue weighted by Gasteiger charge is 2.09. The Morgan fingerprint density at radius 3 is 2.46 bits per heavy atom. The van der Waals surface area contributed by atoms with Gasteiger partial charge in [-0.15, -0.1) is 0 Å². The minimum atomic E-state index is -0.310. The monoisotopic (exact) mass is 420 g/mol. The number of methoxy groups -OCH3 is 2. The van der Waals surface area contributed by atoms with E-state index in [0.717, 1.165) is 16.6 Å². The molecule has 0 aliphatic rings. The third-order valence-electron chi connectivity index (χ3n) is 3.46. The molecular weight excluding hydrogens is 400 g/mol. The van der Waals surface area contributed by atoms with Crippen molar-refractivity contribution in [1.29, 1.82) is 0 Å². The van der Waals surface area contributed by atoms with Gasteiger partial charge in [0.1, 0.15) is 17.2 Å². The van der Waals surface area contributed by atoms with Gasteiger partial charge in [0.05, 0.1) is 31.5 Å². The molecule has 2 aromatic carbocycles. The van der Waals surface area contributed by atoms with Gasteiger partial charge in [-0.25, -0.2) is 5.43 Å². The Morgan fingerprint density at radius 1 is 1.15 bits per heavy atom. The summed E-state index contributed by atoms with van der Waals surface area (Å²) in [4.78, 5) is 12.2. The fourth-order valence-corrected chi connectivity index (χ4v) is 2.65. The Kier molecular flexibility index (Phi) is 7.47. The van der Waals surface area contributed by atoms with Crippen LogP contribution in [0.15, 0.2) is 46.0 Å². The van der Waals surface area contributed by atoms with E-state index in [9.17, 15) is 4.79 Å². The smallest absolute Gasteiger partial charge is 0.271 e. The molecule has 1 N–H and O–H groups in total. The Balaban J connectivity index is 2.03. The van der Waals surface area contributed by atoms with Gasteiger partial charge >= 0.3 is 0 Å². The number of nitrogens with zero attached hydrogens (tertiary/aromatic N) is 1. The maximum Gasteiger partial charge on any atom is 0.271 e. The zero-order valence-electron chi connectivity index (χ0n) is 14.9. The quantitative estimate of drug-likeness (QED) is 0.517. The fraction of sp³-hybridized carbons (Fsp3) is 0.263. The number of hydrazone groups is 1. The second kappa shape index (κ2) is 9.82. The van der Waals surface area contributed by atoms with Crippen molar-refractivity contribution >= 4 is 28.1 Å². The summed E-state index contributed by atoms with van der Waals surface area (Å²) in [5, 5.41) is 4.00. The van der Waals surface area contributed by atoms with Crippen LogP contribution in [0, 0.1) is 0 Å². The molecule has 0 aromatic heterocycles. The maximum absolute atomic E-state index is 12.2. The molecule has 0 bridgehead atoms. The summed E-state index contributed by atoms with van der Waals surface area (Å²) in [7, 11) is 3.13. The lowest BCUT2D eigenvalue weighted by molar-refractivity contribution is 0.0955. The van der Waals surface area contributed by atoms with E-state index in [1.165, 1.54) is 6.21 Å². The highest BCUT2D eigenvalue weighted by atomic mass is 79.9. The molecule has 2 rings (SSSR count). The molecule has 2 aromatic rings. The van der Waals surface area contributed by atoms with Crippen LogP contribution in [0.1, 0.15) is 29.3 Å². The minimum Gasteiger partial charge on any atom is -0.496 e. The molecule has 0 atom stereocenters. The number of nitrogens with one attached hydrogen (secondary N) is 1. The normalized spacial score (nSPS) is 10.6. The number of hydrogen-bond donors (Lipinski definition) is 1. The molecule has 0 saturated carbocycles. The molecule has 0 spiro atoms. The van der Waals surface area contributed by atoms with Crippen molar-refractivity contribution in [3.63, 3.8) is 0 Å². The molecule has 7 heteroatoms. The summed E-state index contributed by atoms with van der Waals surface area (Å²) in [5.74, 6) is 1.66.